The molecule has 0 aliphatic heterocycles. The fourth-order valence-electron chi connectivity index (χ4n) is 8.62. The van der Waals surface area contributed by atoms with E-state index < -0.39 is 0 Å². The van der Waals surface area contributed by atoms with Gasteiger partial charge in [-0.1, -0.05) is 186 Å². The zero-order valence-electron chi connectivity index (χ0n) is 40.5. The van der Waals surface area contributed by atoms with Gasteiger partial charge in [-0.3, -0.25) is 9.55 Å². The molecule has 2 heterocycles. The van der Waals surface area contributed by atoms with Gasteiger partial charge in [0.2, 0.25) is 0 Å². The number of fused-ring (bicyclic) bond motifs is 1. The van der Waals surface area contributed by atoms with E-state index in [-0.39, 0.29) is 54.9 Å². The van der Waals surface area contributed by atoms with Gasteiger partial charge in [-0.15, -0.1) is 29.3 Å². The average Bonchev–Trinajstić information content (AvgIpc) is 3.65. The topological polar surface area (TPSA) is 50.9 Å². The third-order valence-corrected chi connectivity index (χ3v) is 12.7. The Kier molecular flexibility index (Phi) is 13.1. The Morgan fingerprint density at radius 2 is 1.18 bits per heavy atom. The maximum absolute atomic E-state index is 12.4. The number of phenolic OH excluding ortho intramolecular Hbond substituents is 1. The van der Waals surface area contributed by atoms with E-state index in [9.17, 15) is 5.11 Å². The maximum atomic E-state index is 12.4. The molecule has 0 atom stereocenters. The van der Waals surface area contributed by atoms with Crippen LogP contribution in [-0.2, 0) is 37.3 Å². The van der Waals surface area contributed by atoms with Gasteiger partial charge in [-0.05, 0) is 97.4 Å². The van der Waals surface area contributed by atoms with Gasteiger partial charge >= 0.3 is 0 Å². The molecule has 8 aromatic rings. The second kappa shape index (κ2) is 18.0. The van der Waals surface area contributed by atoms with Crippen molar-refractivity contribution in [1.29, 1.82) is 0 Å². The van der Waals surface area contributed by atoms with Crippen LogP contribution in [0.25, 0.3) is 72.7 Å². The number of pyridine rings is 1. The average molecular weight is 1040 g/mol. The van der Waals surface area contributed by atoms with Crippen LogP contribution in [-0.4, -0.2) is 19.6 Å². The minimum absolute atomic E-state index is 0. The van der Waals surface area contributed by atoms with Crippen LogP contribution in [0.15, 0.2) is 134 Å². The number of benzene rings is 6. The molecule has 0 unspecified atom stereocenters. The SMILES string of the molecule is CC(C)c1cc(-c2nc3c(-c4[c-]c(-c5cc(-c6ccccc6)ccn5)cc(C(C)(C)C)c4)cccc3n2-c2ccc(C(C)(C)C)cc2-c2ccc(C(C)(C)C)cc2)c(O)c(C(C)C)c1.[Pt]. The second-order valence-electron chi connectivity index (χ2n) is 21.3. The molecule has 6 aromatic carbocycles. The van der Waals surface area contributed by atoms with E-state index in [1.807, 2.05) is 12.3 Å². The first-order chi connectivity index (χ1) is 30.2. The van der Waals surface area contributed by atoms with E-state index in [0.717, 1.165) is 78.0 Å². The van der Waals surface area contributed by atoms with Crippen molar-refractivity contribution >= 4 is 11.0 Å². The van der Waals surface area contributed by atoms with Crippen molar-refractivity contribution in [3.8, 4) is 67.5 Å². The molecule has 336 valence electrons. The van der Waals surface area contributed by atoms with Gasteiger partial charge in [-0.25, -0.2) is 4.98 Å². The summed E-state index contributed by atoms with van der Waals surface area (Å²) in [6, 6.07) is 49.8. The molecule has 8 rings (SSSR count). The first-order valence-corrected chi connectivity index (χ1v) is 22.9. The third kappa shape index (κ3) is 9.57. The molecule has 0 amide bonds. The Labute approximate surface area is 402 Å². The normalized spacial score (nSPS) is 12.3. The summed E-state index contributed by atoms with van der Waals surface area (Å²) in [6.07, 6.45) is 1.89. The summed E-state index contributed by atoms with van der Waals surface area (Å²) in [5.74, 6) is 1.32. The summed E-state index contributed by atoms with van der Waals surface area (Å²) in [5, 5.41) is 12.4. The largest absolute Gasteiger partial charge is 0.507 e. The molecule has 0 bridgehead atoms. The van der Waals surface area contributed by atoms with E-state index >= 15 is 0 Å². The van der Waals surface area contributed by atoms with E-state index in [2.05, 4.69) is 222 Å². The van der Waals surface area contributed by atoms with Crippen LogP contribution in [0.4, 0.5) is 0 Å². The minimum Gasteiger partial charge on any atom is -0.507 e. The summed E-state index contributed by atoms with van der Waals surface area (Å²) < 4.78 is 2.29. The van der Waals surface area contributed by atoms with Gasteiger partial charge in [0, 0.05) is 38.5 Å². The van der Waals surface area contributed by atoms with E-state index in [1.54, 1.807) is 0 Å². The summed E-state index contributed by atoms with van der Waals surface area (Å²) in [5.41, 5.74) is 17.3. The van der Waals surface area contributed by atoms with Crippen LogP contribution in [0.2, 0.25) is 0 Å². The van der Waals surface area contributed by atoms with Crippen molar-refractivity contribution in [2.45, 2.75) is 118 Å². The van der Waals surface area contributed by atoms with E-state index in [4.69, 9.17) is 9.97 Å². The Morgan fingerprint density at radius 3 is 1.82 bits per heavy atom. The number of para-hydroxylation sites is 1. The second-order valence-corrected chi connectivity index (χ2v) is 21.3. The molecule has 65 heavy (non-hydrogen) atoms. The fourth-order valence-corrected chi connectivity index (χ4v) is 8.62. The number of aromatic nitrogens is 3. The first kappa shape index (κ1) is 47.4. The quantitative estimate of drug-likeness (QED) is 0.154. The zero-order valence-corrected chi connectivity index (χ0v) is 42.7. The van der Waals surface area contributed by atoms with Gasteiger partial charge in [0.05, 0.1) is 22.3 Å². The number of aromatic hydroxyl groups is 1. The molecule has 0 spiro atoms. The molecular weight excluding hydrogens is 974 g/mol. The van der Waals surface area contributed by atoms with Crippen molar-refractivity contribution in [2.75, 3.05) is 0 Å². The van der Waals surface area contributed by atoms with Crippen molar-refractivity contribution in [3.63, 3.8) is 0 Å². The molecule has 0 aliphatic carbocycles. The number of nitrogens with zero attached hydrogens (tertiary/aromatic N) is 3. The predicted molar refractivity (Wildman–Crippen MR) is 271 cm³/mol. The van der Waals surface area contributed by atoms with Crippen molar-refractivity contribution in [1.82, 2.24) is 14.5 Å². The molecule has 0 aliphatic rings. The van der Waals surface area contributed by atoms with Crippen molar-refractivity contribution in [2.24, 2.45) is 0 Å². The molecule has 0 fully saturated rings. The van der Waals surface area contributed by atoms with E-state index in [1.165, 1.54) is 16.7 Å². The van der Waals surface area contributed by atoms with Gasteiger partial charge in [0.15, 0.2) is 0 Å². The predicted octanol–water partition coefficient (Wildman–Crippen LogP) is 16.4. The Balaban J connectivity index is 0.00000630. The first-order valence-electron chi connectivity index (χ1n) is 22.9. The number of hydrogen-bond donors (Lipinski definition) is 1. The van der Waals surface area contributed by atoms with Gasteiger partial charge < -0.3 is 5.11 Å². The van der Waals surface area contributed by atoms with Gasteiger partial charge in [0.25, 0.3) is 0 Å². The third-order valence-electron chi connectivity index (χ3n) is 12.7. The van der Waals surface area contributed by atoms with Crippen LogP contribution >= 0.6 is 0 Å². The Bertz CT molecular complexity index is 2990. The zero-order chi connectivity index (χ0) is 45.9. The van der Waals surface area contributed by atoms with Crippen LogP contribution < -0.4 is 0 Å². The smallest absolute Gasteiger partial charge is 0.148 e. The molecule has 5 heteroatoms. The van der Waals surface area contributed by atoms with Crippen molar-refractivity contribution in [3.05, 3.63) is 167 Å². The summed E-state index contributed by atoms with van der Waals surface area (Å²) in [7, 11) is 0. The van der Waals surface area contributed by atoms with Gasteiger partial charge in [0.1, 0.15) is 11.6 Å². The number of phenols is 1. The van der Waals surface area contributed by atoms with E-state index in [0.29, 0.717) is 5.82 Å². The van der Waals surface area contributed by atoms with Crippen LogP contribution in [0.1, 0.15) is 130 Å². The Morgan fingerprint density at radius 1 is 0.538 bits per heavy atom. The molecule has 0 radical (unpaired) electrons. The van der Waals surface area contributed by atoms with Crippen LogP contribution in [0, 0.1) is 6.07 Å². The van der Waals surface area contributed by atoms with Crippen LogP contribution in [0.5, 0.6) is 5.75 Å². The number of rotatable bonds is 8. The summed E-state index contributed by atoms with van der Waals surface area (Å²) in [4.78, 5) is 10.6. The maximum Gasteiger partial charge on any atom is 0.148 e. The number of imidazole rings is 1. The molecule has 4 nitrogen and oxygen atoms in total. The summed E-state index contributed by atoms with van der Waals surface area (Å²) >= 11 is 0. The fraction of sp³-hybridized carbons (Fsp3) is 0.300. The molecule has 1 N–H and O–H groups in total. The molecule has 2 aromatic heterocycles. The monoisotopic (exact) mass is 1040 g/mol. The molecule has 0 saturated carbocycles. The molecular formula is C60H64N3OPt-. The summed E-state index contributed by atoms with van der Waals surface area (Å²) in [6.45, 7) is 29.1. The Hall–Kier alpha value is -5.57. The van der Waals surface area contributed by atoms with Crippen LogP contribution in [0.3, 0.4) is 0 Å². The molecule has 0 saturated heterocycles. The van der Waals surface area contributed by atoms with Gasteiger partial charge in [-0.2, -0.15) is 0 Å². The minimum atomic E-state index is -0.156. The van der Waals surface area contributed by atoms with Crippen molar-refractivity contribution < 1.29 is 26.2 Å². The number of hydrogen-bond acceptors (Lipinski definition) is 3. The standard InChI is InChI=1S/C60H64N3O.Pt/c1-37(2)42-33-49(38(3)4)56(64)51(34-42)57-62-55-48(43-30-44(32-47(31-43)60(11,12)13)52-35-41(28-29-61-52)39-18-15-14-16-19-39)20-17-21-54(55)63(57)53-27-26-46(59(8,9)10)36-50(53)40-22-24-45(25-23-40)58(5,6)7;/h14-29,31-38,64H,1-13H3;/q-1;.